The molecule has 140 valence electrons. The van der Waals surface area contributed by atoms with Crippen LogP contribution in [-0.2, 0) is 17.7 Å². The van der Waals surface area contributed by atoms with Crippen molar-refractivity contribution in [1.29, 1.82) is 0 Å². The minimum Gasteiger partial charge on any atom is -0.378 e. The summed E-state index contributed by atoms with van der Waals surface area (Å²) in [6.07, 6.45) is 2.74. The zero-order valence-electron chi connectivity index (χ0n) is 14.8. The van der Waals surface area contributed by atoms with Crippen molar-refractivity contribution in [2.24, 2.45) is 10.7 Å². The Balaban J connectivity index is 0.00000243. The topological polar surface area (TPSA) is 75.8 Å². The van der Waals surface area contributed by atoms with Crippen molar-refractivity contribution < 1.29 is 4.74 Å². The van der Waals surface area contributed by atoms with Gasteiger partial charge in [-0.3, -0.25) is 0 Å². The largest absolute Gasteiger partial charge is 0.378 e. The Morgan fingerprint density at radius 2 is 1.92 bits per heavy atom. The number of pyridine rings is 1. The lowest BCUT2D eigenvalue weighted by Gasteiger charge is -2.29. The number of morpholine rings is 1. The number of ether oxygens (including phenoxy) is 1. The van der Waals surface area contributed by atoms with Crippen molar-refractivity contribution >= 4 is 35.8 Å². The van der Waals surface area contributed by atoms with Crippen molar-refractivity contribution in [3.05, 3.63) is 59.8 Å². The van der Waals surface area contributed by atoms with Gasteiger partial charge in [0.15, 0.2) is 5.96 Å². The van der Waals surface area contributed by atoms with Crippen molar-refractivity contribution in [2.75, 3.05) is 37.7 Å². The number of rotatable bonds is 6. The highest BCUT2D eigenvalue weighted by Crippen LogP contribution is 2.19. The summed E-state index contributed by atoms with van der Waals surface area (Å²) >= 11 is 0. The average molecular weight is 467 g/mol. The number of hydrogen-bond donors (Lipinski definition) is 2. The molecule has 7 heteroatoms. The zero-order chi connectivity index (χ0) is 17.3. The predicted octanol–water partition coefficient (Wildman–Crippen LogP) is 2.18. The lowest BCUT2D eigenvalue weighted by Crippen LogP contribution is -2.37. The first-order chi connectivity index (χ1) is 12.3. The van der Waals surface area contributed by atoms with Crippen LogP contribution in [0.3, 0.4) is 0 Å². The first kappa shape index (κ1) is 20.4. The van der Waals surface area contributed by atoms with Gasteiger partial charge < -0.3 is 20.7 Å². The van der Waals surface area contributed by atoms with E-state index in [4.69, 9.17) is 10.5 Å². The molecule has 2 heterocycles. The molecule has 0 saturated carbocycles. The molecule has 0 aliphatic carbocycles. The lowest BCUT2D eigenvalue weighted by atomic mass is 10.1. The molecule has 3 rings (SSSR count). The lowest BCUT2D eigenvalue weighted by molar-refractivity contribution is 0.122. The van der Waals surface area contributed by atoms with Gasteiger partial charge in [-0.05, 0) is 18.1 Å². The molecule has 0 spiro atoms. The smallest absolute Gasteiger partial charge is 0.188 e. The first-order valence-electron chi connectivity index (χ1n) is 8.67. The Morgan fingerprint density at radius 1 is 1.15 bits per heavy atom. The van der Waals surface area contributed by atoms with Gasteiger partial charge in [-0.15, -0.1) is 24.0 Å². The summed E-state index contributed by atoms with van der Waals surface area (Å²) in [5.41, 5.74) is 8.36. The molecule has 6 nitrogen and oxygen atoms in total. The molecule has 0 bridgehead atoms. The average Bonchev–Trinajstić information content (AvgIpc) is 2.68. The Morgan fingerprint density at radius 3 is 2.69 bits per heavy atom. The van der Waals surface area contributed by atoms with Gasteiger partial charge in [-0.2, -0.15) is 0 Å². The van der Waals surface area contributed by atoms with Crippen molar-refractivity contribution in [1.82, 2.24) is 10.3 Å². The molecule has 1 aliphatic rings. The second-order valence-electron chi connectivity index (χ2n) is 5.95. The van der Waals surface area contributed by atoms with E-state index in [-0.39, 0.29) is 24.0 Å². The Labute approximate surface area is 171 Å². The Hall–Kier alpha value is -1.87. The summed E-state index contributed by atoms with van der Waals surface area (Å²) in [7, 11) is 0. The monoisotopic (exact) mass is 467 g/mol. The van der Waals surface area contributed by atoms with Crippen LogP contribution in [0.1, 0.15) is 11.1 Å². The van der Waals surface area contributed by atoms with E-state index in [1.165, 1.54) is 5.56 Å². The van der Waals surface area contributed by atoms with Crippen LogP contribution >= 0.6 is 24.0 Å². The minimum atomic E-state index is 0. The number of guanidine groups is 1. The van der Waals surface area contributed by atoms with Crippen LogP contribution < -0.4 is 16.0 Å². The van der Waals surface area contributed by atoms with Crippen LogP contribution in [0.5, 0.6) is 0 Å². The zero-order valence-corrected chi connectivity index (χ0v) is 17.1. The van der Waals surface area contributed by atoms with Crippen LogP contribution in [0.4, 0.5) is 5.82 Å². The van der Waals surface area contributed by atoms with E-state index in [1.54, 1.807) is 0 Å². The third kappa shape index (κ3) is 6.14. The summed E-state index contributed by atoms with van der Waals surface area (Å²) in [5.74, 6) is 1.44. The molecule has 1 aromatic carbocycles. The summed E-state index contributed by atoms with van der Waals surface area (Å²) in [4.78, 5) is 11.2. The normalized spacial score (nSPS) is 14.6. The molecular weight excluding hydrogens is 441 g/mol. The van der Waals surface area contributed by atoms with Gasteiger partial charge in [0.05, 0.1) is 19.8 Å². The number of benzene rings is 1. The third-order valence-corrected chi connectivity index (χ3v) is 4.16. The van der Waals surface area contributed by atoms with Crippen LogP contribution in [-0.4, -0.2) is 43.8 Å². The maximum Gasteiger partial charge on any atom is 0.188 e. The third-order valence-electron chi connectivity index (χ3n) is 4.16. The Kier molecular flexibility index (Phi) is 8.63. The van der Waals surface area contributed by atoms with Gasteiger partial charge in [-0.1, -0.05) is 36.4 Å². The number of aliphatic imine (C=N–C) groups is 1. The van der Waals surface area contributed by atoms with Crippen molar-refractivity contribution in [3.8, 4) is 0 Å². The molecule has 0 unspecified atom stereocenters. The molecule has 1 saturated heterocycles. The molecule has 2 aromatic rings. The van der Waals surface area contributed by atoms with Gasteiger partial charge in [0, 0.05) is 31.4 Å². The van der Waals surface area contributed by atoms with Gasteiger partial charge in [0.2, 0.25) is 0 Å². The highest BCUT2D eigenvalue weighted by Gasteiger charge is 2.15. The van der Waals surface area contributed by atoms with E-state index in [9.17, 15) is 0 Å². The molecule has 0 atom stereocenters. The molecule has 0 radical (unpaired) electrons. The number of aromatic nitrogens is 1. The van der Waals surface area contributed by atoms with E-state index >= 15 is 0 Å². The molecule has 0 amide bonds. The maximum absolute atomic E-state index is 6.00. The summed E-state index contributed by atoms with van der Waals surface area (Å²) < 4.78 is 5.41. The van der Waals surface area contributed by atoms with Gasteiger partial charge >= 0.3 is 0 Å². The minimum absolute atomic E-state index is 0. The molecule has 26 heavy (non-hydrogen) atoms. The van der Waals surface area contributed by atoms with Crippen LogP contribution in [0.25, 0.3) is 0 Å². The van der Waals surface area contributed by atoms with Crippen molar-refractivity contribution in [2.45, 2.75) is 13.0 Å². The molecular formula is C19H26IN5O. The van der Waals surface area contributed by atoms with E-state index in [0.717, 1.165) is 50.7 Å². The van der Waals surface area contributed by atoms with Crippen LogP contribution in [0.2, 0.25) is 0 Å². The molecule has 1 fully saturated rings. The van der Waals surface area contributed by atoms with Gasteiger partial charge in [0.25, 0.3) is 0 Å². The van der Waals surface area contributed by atoms with Crippen LogP contribution in [0.15, 0.2) is 53.7 Å². The molecule has 1 aromatic heterocycles. The molecule has 1 aliphatic heterocycles. The summed E-state index contributed by atoms with van der Waals surface area (Å²) in [6, 6.07) is 14.3. The first-order valence-corrected chi connectivity index (χ1v) is 8.67. The standard InChI is InChI=1S/C19H25N5O.HI/c20-19(22-10-8-16-5-2-1-3-6-16)23-15-17-7-4-9-21-18(17)24-11-13-25-14-12-24;/h1-7,9H,8,10-15H2,(H3,20,22,23);1H. The highest BCUT2D eigenvalue weighted by atomic mass is 127. The van der Waals surface area contributed by atoms with E-state index in [2.05, 4.69) is 38.4 Å². The second kappa shape index (κ2) is 11.0. The van der Waals surface area contributed by atoms with Gasteiger partial charge in [0.1, 0.15) is 5.82 Å². The number of hydrogen-bond acceptors (Lipinski definition) is 4. The summed E-state index contributed by atoms with van der Waals surface area (Å²) in [6.45, 7) is 4.48. The van der Waals surface area contributed by atoms with Gasteiger partial charge in [-0.25, -0.2) is 9.98 Å². The Bertz CT molecular complexity index is 689. The fourth-order valence-electron chi connectivity index (χ4n) is 2.82. The quantitative estimate of drug-likeness (QED) is 0.387. The summed E-state index contributed by atoms with van der Waals surface area (Å²) in [5, 5.41) is 3.17. The van der Waals surface area contributed by atoms with E-state index in [0.29, 0.717) is 12.5 Å². The predicted molar refractivity (Wildman–Crippen MR) is 116 cm³/mol. The number of nitrogens with two attached hydrogens (primary N) is 1. The van der Waals surface area contributed by atoms with Crippen LogP contribution in [0, 0.1) is 0 Å². The van der Waals surface area contributed by atoms with E-state index in [1.807, 2.05) is 30.5 Å². The fraction of sp³-hybridized carbons (Fsp3) is 0.368. The second-order valence-corrected chi connectivity index (χ2v) is 5.95. The number of nitrogens with zero attached hydrogens (tertiary/aromatic N) is 3. The fourth-order valence-corrected chi connectivity index (χ4v) is 2.82. The SMILES string of the molecule is I.NC(=NCc1cccnc1N1CCOCC1)NCCc1ccccc1. The number of nitrogens with one attached hydrogen (secondary N) is 1. The number of halogens is 1. The van der Waals surface area contributed by atoms with Crippen molar-refractivity contribution in [3.63, 3.8) is 0 Å². The highest BCUT2D eigenvalue weighted by molar-refractivity contribution is 14.0. The van der Waals surface area contributed by atoms with E-state index < -0.39 is 0 Å². The molecule has 3 N–H and O–H groups in total. The number of anilines is 1. The maximum atomic E-state index is 6.00.